The summed E-state index contributed by atoms with van der Waals surface area (Å²) in [5.41, 5.74) is 4.15. The molecule has 0 aliphatic carbocycles. The van der Waals surface area contributed by atoms with Crippen molar-refractivity contribution in [3.8, 4) is 0 Å². The van der Waals surface area contributed by atoms with Crippen LogP contribution in [0.3, 0.4) is 0 Å². The summed E-state index contributed by atoms with van der Waals surface area (Å²) in [6, 6.07) is 1.98. The first-order valence-corrected chi connectivity index (χ1v) is 8.34. The minimum atomic E-state index is 0.0943. The lowest BCUT2D eigenvalue weighted by Gasteiger charge is -2.22. The third-order valence-corrected chi connectivity index (χ3v) is 4.43. The molecule has 0 spiro atoms. The summed E-state index contributed by atoms with van der Waals surface area (Å²) in [6.07, 6.45) is 4.99. The number of pyridine rings is 1. The normalized spacial score (nSPS) is 16.4. The van der Waals surface area contributed by atoms with Crippen LogP contribution in [0, 0.1) is 19.8 Å². The maximum Gasteiger partial charge on any atom is 0.220 e. The van der Waals surface area contributed by atoms with Crippen LogP contribution in [0.2, 0.25) is 0 Å². The van der Waals surface area contributed by atoms with E-state index in [-0.39, 0.29) is 5.91 Å². The van der Waals surface area contributed by atoms with Crippen LogP contribution < -0.4 is 5.32 Å². The highest BCUT2D eigenvalue weighted by atomic mass is 16.5. The number of rotatable bonds is 6. The summed E-state index contributed by atoms with van der Waals surface area (Å²) < 4.78 is 5.34. The van der Waals surface area contributed by atoms with Crippen LogP contribution >= 0.6 is 0 Å². The van der Waals surface area contributed by atoms with E-state index in [4.69, 9.17) is 4.74 Å². The van der Waals surface area contributed by atoms with Crippen LogP contribution in [0.5, 0.6) is 0 Å². The standard InChI is InChI=1S/C18H27N3O2/c1-13-6-9-20-14(2)18(13)16(19-3)4-5-17(22)21-12-15-7-10-23-11-8-15/h6,9,15H,4-5,7-8,10-12H2,1-3H3,(H,21,22). The number of hydrogen-bond acceptors (Lipinski definition) is 4. The largest absolute Gasteiger partial charge is 0.381 e. The minimum absolute atomic E-state index is 0.0943. The smallest absolute Gasteiger partial charge is 0.220 e. The van der Waals surface area contributed by atoms with E-state index in [1.807, 2.05) is 19.2 Å². The van der Waals surface area contributed by atoms with Crippen molar-refractivity contribution in [2.24, 2.45) is 10.9 Å². The molecule has 1 aliphatic rings. The molecule has 126 valence electrons. The maximum absolute atomic E-state index is 12.1. The van der Waals surface area contributed by atoms with Crippen LogP contribution in [0.15, 0.2) is 17.3 Å². The highest BCUT2D eigenvalue weighted by Gasteiger charge is 2.16. The number of aryl methyl sites for hydroxylation is 2. The van der Waals surface area contributed by atoms with Gasteiger partial charge in [-0.05, 0) is 50.7 Å². The van der Waals surface area contributed by atoms with Crippen molar-refractivity contribution < 1.29 is 9.53 Å². The molecule has 2 rings (SSSR count). The van der Waals surface area contributed by atoms with Crippen LogP contribution in [0.1, 0.15) is 42.5 Å². The molecule has 1 amide bonds. The fraction of sp³-hybridized carbons (Fsp3) is 0.611. The first-order valence-electron chi connectivity index (χ1n) is 8.34. The van der Waals surface area contributed by atoms with E-state index in [2.05, 4.69) is 22.2 Å². The van der Waals surface area contributed by atoms with Crippen molar-refractivity contribution in [1.29, 1.82) is 0 Å². The van der Waals surface area contributed by atoms with Gasteiger partial charge in [-0.3, -0.25) is 14.8 Å². The predicted molar refractivity (Wildman–Crippen MR) is 92.0 cm³/mol. The Labute approximate surface area is 138 Å². The van der Waals surface area contributed by atoms with Crippen LogP contribution in [-0.2, 0) is 9.53 Å². The molecule has 0 aromatic carbocycles. The summed E-state index contributed by atoms with van der Waals surface area (Å²) in [5, 5.41) is 3.05. The second kappa shape index (κ2) is 8.77. The molecule has 0 bridgehead atoms. The van der Waals surface area contributed by atoms with Gasteiger partial charge >= 0.3 is 0 Å². The first kappa shape index (κ1) is 17.6. The van der Waals surface area contributed by atoms with E-state index in [1.165, 1.54) is 0 Å². The Balaban J connectivity index is 1.84. The van der Waals surface area contributed by atoms with E-state index in [0.29, 0.717) is 18.8 Å². The quantitative estimate of drug-likeness (QED) is 0.820. The van der Waals surface area contributed by atoms with Gasteiger partial charge in [0.1, 0.15) is 0 Å². The van der Waals surface area contributed by atoms with E-state index >= 15 is 0 Å². The van der Waals surface area contributed by atoms with Gasteiger partial charge in [0.25, 0.3) is 0 Å². The van der Waals surface area contributed by atoms with Crippen molar-refractivity contribution in [2.45, 2.75) is 39.5 Å². The highest BCUT2D eigenvalue weighted by molar-refractivity contribution is 6.03. The first-order chi connectivity index (χ1) is 11.1. The van der Waals surface area contributed by atoms with Crippen molar-refractivity contribution in [2.75, 3.05) is 26.8 Å². The molecule has 1 N–H and O–H groups in total. The van der Waals surface area contributed by atoms with E-state index in [9.17, 15) is 4.79 Å². The number of ether oxygens (including phenoxy) is 1. The van der Waals surface area contributed by atoms with Gasteiger partial charge in [0.05, 0.1) is 0 Å². The topological polar surface area (TPSA) is 63.6 Å². The monoisotopic (exact) mass is 317 g/mol. The van der Waals surface area contributed by atoms with Gasteiger partial charge in [0, 0.05) is 56.4 Å². The number of nitrogens with zero attached hydrogens (tertiary/aromatic N) is 2. The van der Waals surface area contributed by atoms with E-state index in [0.717, 1.165) is 55.1 Å². The van der Waals surface area contributed by atoms with Crippen LogP contribution in [-0.4, -0.2) is 43.4 Å². The Morgan fingerprint density at radius 3 is 2.74 bits per heavy atom. The molecule has 5 heteroatoms. The van der Waals surface area contributed by atoms with Crippen LogP contribution in [0.4, 0.5) is 0 Å². The minimum Gasteiger partial charge on any atom is -0.381 e. The fourth-order valence-electron chi connectivity index (χ4n) is 3.01. The second-order valence-electron chi connectivity index (χ2n) is 6.12. The zero-order valence-corrected chi connectivity index (χ0v) is 14.4. The molecule has 1 aromatic rings. The Hall–Kier alpha value is -1.75. The summed E-state index contributed by atoms with van der Waals surface area (Å²) in [7, 11) is 1.78. The third-order valence-electron chi connectivity index (χ3n) is 4.43. The van der Waals surface area contributed by atoms with E-state index < -0.39 is 0 Å². The zero-order chi connectivity index (χ0) is 16.7. The van der Waals surface area contributed by atoms with Gasteiger partial charge in [0.2, 0.25) is 5.91 Å². The fourth-order valence-corrected chi connectivity index (χ4v) is 3.01. The molecule has 1 saturated heterocycles. The van der Waals surface area contributed by atoms with Crippen molar-refractivity contribution in [3.63, 3.8) is 0 Å². The molecule has 1 aromatic heterocycles. The van der Waals surface area contributed by atoms with Gasteiger partial charge in [0.15, 0.2) is 0 Å². The molecular formula is C18H27N3O2. The molecule has 0 saturated carbocycles. The molecule has 0 radical (unpaired) electrons. The number of nitrogens with one attached hydrogen (secondary N) is 1. The molecule has 23 heavy (non-hydrogen) atoms. The number of aromatic nitrogens is 1. The third kappa shape index (κ3) is 5.13. The number of aliphatic imine (C=N–C) groups is 1. The number of carbonyl (C=O) groups is 1. The molecule has 1 aliphatic heterocycles. The molecule has 0 atom stereocenters. The second-order valence-corrected chi connectivity index (χ2v) is 6.12. The average molecular weight is 317 g/mol. The highest BCUT2D eigenvalue weighted by Crippen LogP contribution is 2.16. The van der Waals surface area contributed by atoms with Crippen molar-refractivity contribution >= 4 is 11.6 Å². The maximum atomic E-state index is 12.1. The predicted octanol–water partition coefficient (Wildman–Crippen LogP) is 2.44. The Kier molecular flexibility index (Phi) is 6.71. The number of amides is 1. The van der Waals surface area contributed by atoms with Crippen molar-refractivity contribution in [3.05, 3.63) is 29.1 Å². The Bertz CT molecular complexity index is 543. The molecule has 2 heterocycles. The summed E-state index contributed by atoms with van der Waals surface area (Å²) in [6.45, 7) is 6.42. The molecule has 5 nitrogen and oxygen atoms in total. The Morgan fingerprint density at radius 2 is 2.09 bits per heavy atom. The van der Waals surface area contributed by atoms with E-state index in [1.54, 1.807) is 7.05 Å². The molecular weight excluding hydrogens is 290 g/mol. The van der Waals surface area contributed by atoms with Gasteiger partial charge in [-0.1, -0.05) is 0 Å². The summed E-state index contributed by atoms with van der Waals surface area (Å²) in [5.74, 6) is 0.645. The van der Waals surface area contributed by atoms with Crippen LogP contribution in [0.25, 0.3) is 0 Å². The van der Waals surface area contributed by atoms with Crippen molar-refractivity contribution in [1.82, 2.24) is 10.3 Å². The van der Waals surface area contributed by atoms with Gasteiger partial charge < -0.3 is 10.1 Å². The number of hydrogen-bond donors (Lipinski definition) is 1. The summed E-state index contributed by atoms with van der Waals surface area (Å²) in [4.78, 5) is 20.8. The lowest BCUT2D eigenvalue weighted by atomic mass is 9.99. The van der Waals surface area contributed by atoms with Gasteiger partial charge in [-0.15, -0.1) is 0 Å². The zero-order valence-electron chi connectivity index (χ0n) is 14.4. The number of carbonyl (C=O) groups excluding carboxylic acids is 1. The van der Waals surface area contributed by atoms with Gasteiger partial charge in [-0.2, -0.15) is 0 Å². The summed E-state index contributed by atoms with van der Waals surface area (Å²) >= 11 is 0. The average Bonchev–Trinajstić information content (AvgIpc) is 2.56. The molecule has 0 unspecified atom stereocenters. The molecule has 1 fully saturated rings. The van der Waals surface area contributed by atoms with Gasteiger partial charge in [-0.25, -0.2) is 0 Å². The Morgan fingerprint density at radius 1 is 1.35 bits per heavy atom. The lowest BCUT2D eigenvalue weighted by Crippen LogP contribution is -2.32. The lowest BCUT2D eigenvalue weighted by molar-refractivity contribution is -0.121. The SMILES string of the molecule is CN=C(CCC(=O)NCC1CCOCC1)c1c(C)ccnc1C.